The van der Waals surface area contributed by atoms with Crippen LogP contribution in [0, 0.1) is 19.7 Å². The smallest absolute Gasteiger partial charge is 0.291 e. The number of halogens is 1. The van der Waals surface area contributed by atoms with Crippen molar-refractivity contribution in [1.82, 2.24) is 0 Å². The van der Waals surface area contributed by atoms with Gasteiger partial charge in [-0.05, 0) is 55.3 Å². The molecule has 0 bridgehead atoms. The Balaban J connectivity index is 2.02. The van der Waals surface area contributed by atoms with Gasteiger partial charge in [0.1, 0.15) is 11.4 Å². The number of hydrogen-bond donors (Lipinski definition) is 1. The summed E-state index contributed by atoms with van der Waals surface area (Å²) in [6.45, 7) is 3.74. The Morgan fingerprint density at radius 1 is 1.09 bits per heavy atom. The van der Waals surface area contributed by atoms with Gasteiger partial charge in [-0.1, -0.05) is 6.07 Å². The van der Waals surface area contributed by atoms with Crippen molar-refractivity contribution in [2.45, 2.75) is 13.8 Å². The minimum absolute atomic E-state index is 0.0828. The van der Waals surface area contributed by atoms with Crippen molar-refractivity contribution in [3.63, 3.8) is 0 Å². The van der Waals surface area contributed by atoms with E-state index in [0.717, 1.165) is 17.2 Å². The van der Waals surface area contributed by atoms with E-state index in [1.165, 1.54) is 24.3 Å². The molecule has 3 aromatic rings. The summed E-state index contributed by atoms with van der Waals surface area (Å²) in [6, 6.07) is 10.0. The van der Waals surface area contributed by atoms with Gasteiger partial charge in [-0.2, -0.15) is 0 Å². The number of hydrogen-bond acceptors (Lipinski definition) is 3. The average Bonchev–Trinajstić information content (AvgIpc) is 2.53. The number of carbonyl (C=O) groups excluding carboxylic acids is 1. The van der Waals surface area contributed by atoms with Crippen molar-refractivity contribution in [1.29, 1.82) is 0 Å². The van der Waals surface area contributed by atoms with Gasteiger partial charge in [-0.3, -0.25) is 9.59 Å². The quantitative estimate of drug-likeness (QED) is 0.783. The lowest BCUT2D eigenvalue weighted by Crippen LogP contribution is -2.15. The van der Waals surface area contributed by atoms with E-state index in [0.29, 0.717) is 16.7 Å². The Hall–Kier alpha value is -2.95. The lowest BCUT2D eigenvalue weighted by Gasteiger charge is -2.08. The van der Waals surface area contributed by atoms with Gasteiger partial charge in [0.05, 0.1) is 5.39 Å². The molecule has 1 N–H and O–H groups in total. The van der Waals surface area contributed by atoms with Gasteiger partial charge in [0.25, 0.3) is 5.91 Å². The third-order valence-corrected chi connectivity index (χ3v) is 3.74. The number of amides is 1. The number of anilines is 1. The van der Waals surface area contributed by atoms with Gasteiger partial charge in [0.2, 0.25) is 0 Å². The van der Waals surface area contributed by atoms with Crippen LogP contribution in [-0.4, -0.2) is 5.91 Å². The van der Waals surface area contributed by atoms with Crippen LogP contribution in [0.15, 0.2) is 51.7 Å². The van der Waals surface area contributed by atoms with Gasteiger partial charge >= 0.3 is 0 Å². The summed E-state index contributed by atoms with van der Waals surface area (Å²) in [6.07, 6.45) is 0. The number of nitrogens with one attached hydrogen (secondary N) is 1. The summed E-state index contributed by atoms with van der Waals surface area (Å²) in [7, 11) is 0. The number of aryl methyl sites for hydroxylation is 2. The van der Waals surface area contributed by atoms with E-state index in [9.17, 15) is 14.0 Å². The van der Waals surface area contributed by atoms with Crippen molar-refractivity contribution in [2.75, 3.05) is 5.32 Å². The topological polar surface area (TPSA) is 59.3 Å². The Kier molecular flexibility index (Phi) is 3.70. The molecule has 1 amide bonds. The van der Waals surface area contributed by atoms with E-state index in [4.69, 9.17) is 4.42 Å². The van der Waals surface area contributed by atoms with Gasteiger partial charge in [-0.15, -0.1) is 0 Å². The molecule has 0 saturated carbocycles. The highest BCUT2D eigenvalue weighted by Gasteiger charge is 2.14. The Labute approximate surface area is 131 Å². The first-order valence-corrected chi connectivity index (χ1v) is 7.06. The van der Waals surface area contributed by atoms with Gasteiger partial charge in [-0.25, -0.2) is 4.39 Å². The normalized spacial score (nSPS) is 10.7. The van der Waals surface area contributed by atoms with E-state index in [2.05, 4.69) is 5.32 Å². The molecule has 0 aliphatic rings. The zero-order chi connectivity index (χ0) is 16.6. The van der Waals surface area contributed by atoms with E-state index in [-0.39, 0.29) is 11.2 Å². The summed E-state index contributed by atoms with van der Waals surface area (Å²) in [5.74, 6) is -1.04. The number of benzene rings is 2. The predicted molar refractivity (Wildman–Crippen MR) is 86.3 cm³/mol. The zero-order valence-electron chi connectivity index (χ0n) is 12.6. The molecule has 23 heavy (non-hydrogen) atoms. The average molecular weight is 311 g/mol. The Bertz CT molecular complexity index is 958. The fourth-order valence-electron chi connectivity index (χ4n) is 2.29. The molecule has 4 nitrogen and oxygen atoms in total. The molecule has 0 spiro atoms. The highest BCUT2D eigenvalue weighted by Crippen LogP contribution is 2.20. The largest absolute Gasteiger partial charge is 0.450 e. The fourth-order valence-corrected chi connectivity index (χ4v) is 2.29. The van der Waals surface area contributed by atoms with Crippen LogP contribution in [0.25, 0.3) is 11.0 Å². The summed E-state index contributed by atoms with van der Waals surface area (Å²) in [4.78, 5) is 24.4. The van der Waals surface area contributed by atoms with Crippen LogP contribution in [0.4, 0.5) is 10.1 Å². The fraction of sp³-hybridized carbons (Fsp3) is 0.111. The maximum Gasteiger partial charge on any atom is 0.291 e. The highest BCUT2D eigenvalue weighted by atomic mass is 19.1. The van der Waals surface area contributed by atoms with Crippen LogP contribution in [-0.2, 0) is 0 Å². The second kappa shape index (κ2) is 5.68. The summed E-state index contributed by atoms with van der Waals surface area (Å²) in [5, 5.41) is 3.01. The van der Waals surface area contributed by atoms with Crippen LogP contribution in [0.2, 0.25) is 0 Å². The predicted octanol–water partition coefficient (Wildman–Crippen LogP) is 3.80. The van der Waals surface area contributed by atoms with Gasteiger partial charge < -0.3 is 9.73 Å². The van der Waals surface area contributed by atoms with Gasteiger partial charge in [0, 0.05) is 11.8 Å². The first kappa shape index (κ1) is 15.0. The molecule has 2 aromatic carbocycles. The molecule has 0 fully saturated rings. The van der Waals surface area contributed by atoms with E-state index < -0.39 is 11.7 Å². The lowest BCUT2D eigenvalue weighted by atomic mass is 10.1. The molecule has 116 valence electrons. The third kappa shape index (κ3) is 2.85. The molecule has 3 rings (SSSR count). The Morgan fingerprint density at radius 3 is 2.48 bits per heavy atom. The summed E-state index contributed by atoms with van der Waals surface area (Å²) in [5.41, 5.74) is 2.33. The van der Waals surface area contributed by atoms with Crippen molar-refractivity contribution in [2.24, 2.45) is 0 Å². The summed E-state index contributed by atoms with van der Waals surface area (Å²) >= 11 is 0. The molecule has 0 atom stereocenters. The molecule has 0 aliphatic carbocycles. The van der Waals surface area contributed by atoms with Crippen molar-refractivity contribution in [3.8, 4) is 0 Å². The van der Waals surface area contributed by atoms with Crippen LogP contribution in [0.5, 0.6) is 0 Å². The number of carbonyl (C=O) groups is 1. The maximum atomic E-state index is 12.9. The zero-order valence-corrected chi connectivity index (χ0v) is 12.6. The third-order valence-electron chi connectivity index (χ3n) is 3.74. The maximum absolute atomic E-state index is 12.9. The van der Waals surface area contributed by atoms with E-state index in [1.54, 1.807) is 6.07 Å². The van der Waals surface area contributed by atoms with Crippen LogP contribution < -0.4 is 10.7 Å². The van der Waals surface area contributed by atoms with Crippen LogP contribution in [0.3, 0.4) is 0 Å². The molecule has 0 saturated heterocycles. The number of fused-ring (bicyclic) bond motifs is 1. The second-order valence-corrected chi connectivity index (χ2v) is 5.32. The first-order valence-electron chi connectivity index (χ1n) is 7.06. The summed E-state index contributed by atoms with van der Waals surface area (Å²) < 4.78 is 18.5. The van der Waals surface area contributed by atoms with E-state index in [1.807, 2.05) is 19.9 Å². The molecular formula is C18H14FNO3. The van der Waals surface area contributed by atoms with E-state index >= 15 is 0 Å². The molecule has 0 aliphatic heterocycles. The first-order chi connectivity index (χ1) is 11.0. The minimum atomic E-state index is -0.559. The highest BCUT2D eigenvalue weighted by molar-refractivity contribution is 6.03. The van der Waals surface area contributed by atoms with Crippen LogP contribution >= 0.6 is 0 Å². The minimum Gasteiger partial charge on any atom is -0.450 e. The lowest BCUT2D eigenvalue weighted by molar-refractivity contribution is 0.0997. The standard InChI is InChI=1S/C18H14FNO3/c1-10-3-8-14-15(21)9-16(23-17(14)11(10)2)18(22)20-13-6-4-12(19)5-7-13/h3-9H,1-2H3,(H,20,22). The van der Waals surface area contributed by atoms with Crippen molar-refractivity contribution in [3.05, 3.63) is 75.4 Å². The molecule has 5 heteroatoms. The SMILES string of the molecule is Cc1ccc2c(=O)cc(C(=O)Nc3ccc(F)cc3)oc2c1C. The van der Waals surface area contributed by atoms with Crippen molar-refractivity contribution >= 4 is 22.6 Å². The number of rotatable bonds is 2. The molecule has 1 aromatic heterocycles. The van der Waals surface area contributed by atoms with Gasteiger partial charge in [0.15, 0.2) is 11.2 Å². The van der Waals surface area contributed by atoms with Crippen LogP contribution in [0.1, 0.15) is 21.7 Å². The molecule has 0 radical (unpaired) electrons. The molecule has 1 heterocycles. The molecular weight excluding hydrogens is 297 g/mol. The van der Waals surface area contributed by atoms with Crippen molar-refractivity contribution < 1.29 is 13.6 Å². The monoisotopic (exact) mass is 311 g/mol. The second-order valence-electron chi connectivity index (χ2n) is 5.32. The Morgan fingerprint density at radius 2 is 1.78 bits per heavy atom. The molecule has 0 unspecified atom stereocenters.